The monoisotopic (exact) mass is 389 g/mol. The van der Waals surface area contributed by atoms with Gasteiger partial charge in [0, 0.05) is 33.4 Å². The minimum Gasteiger partial charge on any atom is -0.376 e. The number of non-ortho nitro benzene ring substituents is 1. The fourth-order valence-corrected chi connectivity index (χ4v) is 3.71. The molecule has 2 rings (SSSR count). The molecule has 128 valence electrons. The maximum Gasteiger partial charge on any atom is 0.358 e. The SMILES string of the molecule is O=[N+]([O-])c1ccc(SCc2ccc(Cl)cc2)c(C(O)P(=O)(O)O)c1. The molecule has 0 saturated carbocycles. The molecule has 7 nitrogen and oxygen atoms in total. The van der Waals surface area contributed by atoms with Crippen molar-refractivity contribution in [3.8, 4) is 0 Å². The Morgan fingerprint density at radius 2 is 1.83 bits per heavy atom. The van der Waals surface area contributed by atoms with Gasteiger partial charge in [-0.15, -0.1) is 11.8 Å². The van der Waals surface area contributed by atoms with Crippen LogP contribution in [0, 0.1) is 10.1 Å². The summed E-state index contributed by atoms with van der Waals surface area (Å²) in [5, 5.41) is 21.3. The minimum absolute atomic E-state index is 0.170. The number of nitro benzene ring substituents is 1. The number of rotatable bonds is 6. The highest BCUT2D eigenvalue weighted by Crippen LogP contribution is 2.52. The molecule has 0 heterocycles. The Hall–Kier alpha value is -1.41. The topological polar surface area (TPSA) is 121 Å². The highest BCUT2D eigenvalue weighted by Gasteiger charge is 2.31. The van der Waals surface area contributed by atoms with E-state index in [1.165, 1.54) is 23.9 Å². The lowest BCUT2D eigenvalue weighted by molar-refractivity contribution is -0.385. The summed E-state index contributed by atoms with van der Waals surface area (Å²) in [5.74, 6) is -1.68. The van der Waals surface area contributed by atoms with E-state index in [9.17, 15) is 29.6 Å². The number of halogens is 1. The van der Waals surface area contributed by atoms with Crippen LogP contribution >= 0.6 is 31.0 Å². The molecule has 0 amide bonds. The molecule has 1 atom stereocenters. The first kappa shape index (κ1) is 18.9. The Labute approximate surface area is 146 Å². The van der Waals surface area contributed by atoms with Gasteiger partial charge in [0.2, 0.25) is 0 Å². The van der Waals surface area contributed by atoms with Crippen LogP contribution in [-0.2, 0) is 10.3 Å². The average molecular weight is 390 g/mol. The molecule has 3 N–H and O–H groups in total. The Bertz CT molecular complexity index is 794. The first-order valence-electron chi connectivity index (χ1n) is 6.57. The molecule has 0 spiro atoms. The molecule has 0 radical (unpaired) electrons. The smallest absolute Gasteiger partial charge is 0.358 e. The predicted molar refractivity (Wildman–Crippen MR) is 91.1 cm³/mol. The van der Waals surface area contributed by atoms with Crippen molar-refractivity contribution < 1.29 is 24.4 Å². The first-order chi connectivity index (χ1) is 11.2. The van der Waals surface area contributed by atoms with Crippen molar-refractivity contribution in [1.29, 1.82) is 0 Å². The number of nitrogens with zero attached hydrogens (tertiary/aromatic N) is 1. The van der Waals surface area contributed by atoms with E-state index in [1.807, 2.05) is 0 Å². The van der Waals surface area contributed by atoms with E-state index in [4.69, 9.17) is 11.6 Å². The van der Waals surface area contributed by atoms with Gasteiger partial charge >= 0.3 is 7.60 Å². The maximum atomic E-state index is 11.3. The number of hydrogen-bond donors (Lipinski definition) is 3. The Morgan fingerprint density at radius 1 is 1.21 bits per heavy atom. The van der Waals surface area contributed by atoms with Crippen LogP contribution in [0.15, 0.2) is 47.4 Å². The van der Waals surface area contributed by atoms with Crippen LogP contribution in [-0.4, -0.2) is 19.8 Å². The van der Waals surface area contributed by atoms with Crippen molar-refractivity contribution in [2.75, 3.05) is 0 Å². The van der Waals surface area contributed by atoms with E-state index in [1.54, 1.807) is 24.3 Å². The average Bonchev–Trinajstić information content (AvgIpc) is 2.52. The first-order valence-corrected chi connectivity index (χ1v) is 9.62. The summed E-state index contributed by atoms with van der Waals surface area (Å²) in [6, 6.07) is 10.6. The van der Waals surface area contributed by atoms with Crippen molar-refractivity contribution >= 4 is 36.6 Å². The van der Waals surface area contributed by atoms with Crippen LogP contribution in [0.5, 0.6) is 0 Å². The number of nitro groups is 1. The van der Waals surface area contributed by atoms with Crippen molar-refractivity contribution in [2.45, 2.75) is 16.5 Å². The van der Waals surface area contributed by atoms with Gasteiger partial charge in [0.15, 0.2) is 5.85 Å². The third kappa shape index (κ3) is 4.80. The molecular formula is C14H13ClNO6PS. The van der Waals surface area contributed by atoms with Gasteiger partial charge in [-0.05, 0) is 23.8 Å². The highest BCUT2D eigenvalue weighted by molar-refractivity contribution is 7.98. The molecular weight excluding hydrogens is 377 g/mol. The van der Waals surface area contributed by atoms with Gasteiger partial charge in [0.05, 0.1) is 4.92 Å². The molecule has 24 heavy (non-hydrogen) atoms. The van der Waals surface area contributed by atoms with E-state index in [0.29, 0.717) is 15.7 Å². The third-order valence-electron chi connectivity index (χ3n) is 3.11. The van der Waals surface area contributed by atoms with Crippen LogP contribution in [0.1, 0.15) is 17.0 Å². The summed E-state index contributed by atoms with van der Waals surface area (Å²) in [4.78, 5) is 28.9. The minimum atomic E-state index is -4.86. The third-order valence-corrected chi connectivity index (χ3v) is 5.44. The molecule has 0 bridgehead atoms. The Morgan fingerprint density at radius 3 is 2.38 bits per heavy atom. The molecule has 0 aliphatic heterocycles. The Kier molecular flexibility index (Phi) is 6.03. The molecule has 0 aromatic heterocycles. The zero-order valence-corrected chi connectivity index (χ0v) is 14.5. The van der Waals surface area contributed by atoms with Crippen LogP contribution in [0.25, 0.3) is 0 Å². The predicted octanol–water partition coefficient (Wildman–Crippen LogP) is 3.71. The van der Waals surface area contributed by atoms with Gasteiger partial charge in [0.25, 0.3) is 5.69 Å². The lowest BCUT2D eigenvalue weighted by atomic mass is 10.2. The van der Waals surface area contributed by atoms with E-state index in [0.717, 1.165) is 11.6 Å². The summed E-state index contributed by atoms with van der Waals surface area (Å²) in [6.07, 6.45) is 0. The molecule has 0 fully saturated rings. The standard InChI is InChI=1S/C14H13ClNO6PS/c15-10-3-1-9(2-4-10)8-24-13-6-5-11(16(18)19)7-12(13)14(17)23(20,21)22/h1-7,14,17H,8H2,(H2,20,21,22). The van der Waals surface area contributed by atoms with E-state index in [-0.39, 0.29) is 11.3 Å². The number of benzene rings is 2. The zero-order chi connectivity index (χ0) is 17.9. The molecule has 2 aromatic carbocycles. The van der Waals surface area contributed by atoms with Gasteiger partial charge in [0.1, 0.15) is 0 Å². The van der Waals surface area contributed by atoms with Gasteiger partial charge in [-0.3, -0.25) is 14.7 Å². The van der Waals surface area contributed by atoms with Crippen molar-refractivity contribution in [1.82, 2.24) is 0 Å². The summed E-state index contributed by atoms with van der Waals surface area (Å²) in [6.45, 7) is 0. The van der Waals surface area contributed by atoms with Gasteiger partial charge in [-0.1, -0.05) is 23.7 Å². The van der Waals surface area contributed by atoms with Crippen molar-refractivity contribution in [3.05, 3.63) is 68.7 Å². The summed E-state index contributed by atoms with van der Waals surface area (Å²) < 4.78 is 11.3. The summed E-state index contributed by atoms with van der Waals surface area (Å²) >= 11 is 7.00. The van der Waals surface area contributed by atoms with E-state index in [2.05, 4.69) is 0 Å². The lowest BCUT2D eigenvalue weighted by Gasteiger charge is -2.16. The van der Waals surface area contributed by atoms with Crippen LogP contribution in [0.2, 0.25) is 5.02 Å². The van der Waals surface area contributed by atoms with E-state index < -0.39 is 18.4 Å². The second kappa shape index (κ2) is 7.65. The molecule has 10 heteroatoms. The number of aliphatic hydroxyl groups is 1. The quantitative estimate of drug-likeness (QED) is 0.298. The van der Waals surface area contributed by atoms with Gasteiger partial charge < -0.3 is 14.9 Å². The molecule has 0 saturated heterocycles. The summed E-state index contributed by atoms with van der Waals surface area (Å²) in [7, 11) is -4.86. The second-order valence-corrected chi connectivity index (χ2v) is 7.98. The molecule has 0 aliphatic rings. The molecule has 2 aromatic rings. The number of aliphatic hydroxyl groups excluding tert-OH is 1. The zero-order valence-electron chi connectivity index (χ0n) is 12.1. The maximum absolute atomic E-state index is 11.3. The Balaban J connectivity index is 2.32. The lowest BCUT2D eigenvalue weighted by Crippen LogP contribution is -2.02. The summed E-state index contributed by atoms with van der Waals surface area (Å²) in [5.41, 5.74) is 0.379. The van der Waals surface area contributed by atoms with Crippen LogP contribution < -0.4 is 0 Å². The van der Waals surface area contributed by atoms with Crippen molar-refractivity contribution in [2.24, 2.45) is 0 Å². The number of thioether (sulfide) groups is 1. The van der Waals surface area contributed by atoms with Crippen LogP contribution in [0.3, 0.4) is 0 Å². The molecule has 0 aliphatic carbocycles. The highest BCUT2D eigenvalue weighted by atomic mass is 35.5. The van der Waals surface area contributed by atoms with Crippen molar-refractivity contribution in [3.63, 3.8) is 0 Å². The largest absolute Gasteiger partial charge is 0.376 e. The van der Waals surface area contributed by atoms with Gasteiger partial charge in [-0.25, -0.2) is 0 Å². The van der Waals surface area contributed by atoms with Crippen LogP contribution in [0.4, 0.5) is 5.69 Å². The fraction of sp³-hybridized carbons (Fsp3) is 0.143. The second-order valence-electron chi connectivity index (χ2n) is 4.86. The molecule has 1 unspecified atom stereocenters. The van der Waals surface area contributed by atoms with E-state index >= 15 is 0 Å². The number of hydrogen-bond acceptors (Lipinski definition) is 5. The fourth-order valence-electron chi connectivity index (χ4n) is 1.91. The van der Waals surface area contributed by atoms with Gasteiger partial charge in [-0.2, -0.15) is 0 Å². The normalized spacial score (nSPS) is 12.8.